The van der Waals surface area contributed by atoms with Crippen LogP contribution in [0.3, 0.4) is 0 Å². The molecule has 2 rings (SSSR count). The maximum Gasteiger partial charge on any atom is 0.341 e. The molecule has 0 radical (unpaired) electrons. The van der Waals surface area contributed by atoms with E-state index in [-0.39, 0.29) is 4.91 Å². The Morgan fingerprint density at radius 1 is 1.32 bits per heavy atom. The van der Waals surface area contributed by atoms with E-state index in [0.29, 0.717) is 23.7 Å². The second-order valence-corrected chi connectivity index (χ2v) is 5.19. The molecule has 22 heavy (non-hydrogen) atoms. The number of carboxylic acids is 1. The van der Waals surface area contributed by atoms with Gasteiger partial charge in [0.15, 0.2) is 18.1 Å². The van der Waals surface area contributed by atoms with Gasteiger partial charge in [0, 0.05) is 0 Å². The van der Waals surface area contributed by atoms with Crippen LogP contribution in [0.2, 0.25) is 0 Å². The van der Waals surface area contributed by atoms with E-state index in [1.54, 1.807) is 31.2 Å². The van der Waals surface area contributed by atoms with Crippen molar-refractivity contribution in [2.75, 3.05) is 13.2 Å². The molecule has 0 saturated carbocycles. The average molecular weight is 323 g/mol. The Morgan fingerprint density at radius 3 is 2.68 bits per heavy atom. The predicted molar refractivity (Wildman–Crippen MR) is 79.8 cm³/mol. The molecule has 1 heterocycles. The van der Waals surface area contributed by atoms with Crippen LogP contribution in [0.5, 0.6) is 11.5 Å². The molecule has 7 nitrogen and oxygen atoms in total. The third-order valence-corrected chi connectivity index (χ3v) is 3.37. The zero-order chi connectivity index (χ0) is 16.1. The monoisotopic (exact) mass is 323 g/mol. The molecule has 0 atom stereocenters. The van der Waals surface area contributed by atoms with Gasteiger partial charge in [-0.2, -0.15) is 0 Å². The quantitative estimate of drug-likeness (QED) is 0.770. The van der Waals surface area contributed by atoms with Crippen LogP contribution in [0.4, 0.5) is 4.79 Å². The minimum atomic E-state index is -1.09. The van der Waals surface area contributed by atoms with E-state index in [9.17, 15) is 14.4 Å². The van der Waals surface area contributed by atoms with E-state index < -0.39 is 23.7 Å². The summed E-state index contributed by atoms with van der Waals surface area (Å²) < 4.78 is 10.5. The molecule has 0 spiro atoms. The van der Waals surface area contributed by atoms with E-state index in [1.807, 2.05) is 0 Å². The van der Waals surface area contributed by atoms with E-state index in [2.05, 4.69) is 5.32 Å². The molecule has 0 bridgehead atoms. The molecule has 8 heteroatoms. The maximum atomic E-state index is 11.5. The Balaban J connectivity index is 2.25. The maximum absolute atomic E-state index is 11.5. The molecule has 1 aromatic carbocycles. The number of hydrogen-bond donors (Lipinski definition) is 2. The Kier molecular flexibility index (Phi) is 5.05. The zero-order valence-electron chi connectivity index (χ0n) is 11.6. The van der Waals surface area contributed by atoms with Crippen molar-refractivity contribution in [2.45, 2.75) is 6.92 Å². The number of imide groups is 1. The average Bonchev–Trinajstić information content (AvgIpc) is 2.76. The van der Waals surface area contributed by atoms with Crippen LogP contribution < -0.4 is 14.8 Å². The summed E-state index contributed by atoms with van der Waals surface area (Å²) >= 11 is 0.818. The number of carbonyl (C=O) groups excluding carboxylic acids is 2. The fourth-order valence-electron chi connectivity index (χ4n) is 1.71. The van der Waals surface area contributed by atoms with Gasteiger partial charge in [0.25, 0.3) is 11.1 Å². The molecule has 0 aliphatic carbocycles. The number of hydrogen-bond acceptors (Lipinski definition) is 6. The number of carbonyl (C=O) groups is 3. The highest BCUT2D eigenvalue weighted by molar-refractivity contribution is 8.18. The number of nitrogens with one attached hydrogen (secondary N) is 1. The lowest BCUT2D eigenvalue weighted by molar-refractivity contribution is -0.139. The van der Waals surface area contributed by atoms with Crippen molar-refractivity contribution >= 4 is 35.0 Å². The number of ether oxygens (including phenoxy) is 2. The third-order valence-electron chi connectivity index (χ3n) is 2.56. The zero-order valence-corrected chi connectivity index (χ0v) is 12.4. The van der Waals surface area contributed by atoms with Crippen molar-refractivity contribution in [2.24, 2.45) is 0 Å². The number of carboxylic acid groups (broad SMARTS) is 1. The number of rotatable bonds is 6. The van der Waals surface area contributed by atoms with Crippen LogP contribution in [0.1, 0.15) is 12.5 Å². The third kappa shape index (κ3) is 4.01. The van der Waals surface area contributed by atoms with Crippen molar-refractivity contribution in [3.63, 3.8) is 0 Å². The summed E-state index contributed by atoms with van der Waals surface area (Å²) in [6, 6.07) is 4.81. The molecule has 0 aromatic heterocycles. The SMILES string of the molecule is CCOc1cc(C=C2SC(=O)NC2=O)ccc1OCC(=O)O. The fraction of sp³-hybridized carbons (Fsp3) is 0.214. The summed E-state index contributed by atoms with van der Waals surface area (Å²) in [5, 5.41) is 10.4. The fourth-order valence-corrected chi connectivity index (χ4v) is 2.40. The van der Waals surface area contributed by atoms with Crippen molar-refractivity contribution in [1.29, 1.82) is 0 Å². The lowest BCUT2D eigenvalue weighted by Gasteiger charge is -2.11. The van der Waals surface area contributed by atoms with Crippen LogP contribution in [0.25, 0.3) is 6.08 Å². The smallest absolute Gasteiger partial charge is 0.341 e. The summed E-state index contributed by atoms with van der Waals surface area (Å²) in [6.45, 7) is 1.68. The summed E-state index contributed by atoms with van der Waals surface area (Å²) in [4.78, 5) is 33.5. The lowest BCUT2D eigenvalue weighted by Crippen LogP contribution is -2.17. The summed E-state index contributed by atoms with van der Waals surface area (Å²) in [6.07, 6.45) is 1.55. The first-order chi connectivity index (χ1) is 10.5. The van der Waals surface area contributed by atoms with Crippen molar-refractivity contribution in [3.05, 3.63) is 28.7 Å². The van der Waals surface area contributed by atoms with Gasteiger partial charge >= 0.3 is 5.97 Å². The number of aliphatic carboxylic acids is 1. The highest BCUT2D eigenvalue weighted by Crippen LogP contribution is 2.31. The Labute approximate surface area is 130 Å². The Morgan fingerprint density at radius 2 is 2.09 bits per heavy atom. The highest BCUT2D eigenvalue weighted by Gasteiger charge is 2.25. The number of thioether (sulfide) groups is 1. The molecule has 1 aromatic rings. The standard InChI is InChI=1S/C14H13NO6S/c1-2-20-10-5-8(3-4-9(10)21-7-12(16)17)6-11-13(18)15-14(19)22-11/h3-6H,2,7H2,1H3,(H,16,17)(H,15,18,19). The molecule has 0 unspecified atom stereocenters. The normalized spacial score (nSPS) is 15.8. The molecule has 1 saturated heterocycles. The van der Waals surface area contributed by atoms with Gasteiger partial charge in [0.2, 0.25) is 0 Å². The molecule has 1 fully saturated rings. The number of amides is 2. The van der Waals surface area contributed by atoms with Gasteiger partial charge in [0.1, 0.15) is 0 Å². The van der Waals surface area contributed by atoms with Crippen LogP contribution in [0.15, 0.2) is 23.1 Å². The summed E-state index contributed by atoms with van der Waals surface area (Å²) in [7, 11) is 0. The molecular formula is C14H13NO6S. The first-order valence-electron chi connectivity index (χ1n) is 6.36. The molecular weight excluding hydrogens is 310 g/mol. The van der Waals surface area contributed by atoms with Gasteiger partial charge in [-0.3, -0.25) is 14.9 Å². The predicted octanol–water partition coefficient (Wildman–Crippen LogP) is 1.87. The van der Waals surface area contributed by atoms with Crippen molar-refractivity contribution in [3.8, 4) is 11.5 Å². The molecule has 2 N–H and O–H groups in total. The van der Waals surface area contributed by atoms with Crippen LogP contribution in [-0.4, -0.2) is 35.4 Å². The van der Waals surface area contributed by atoms with Gasteiger partial charge in [-0.1, -0.05) is 6.07 Å². The topological polar surface area (TPSA) is 102 Å². The first kappa shape index (κ1) is 15.9. The second-order valence-electron chi connectivity index (χ2n) is 4.17. The lowest BCUT2D eigenvalue weighted by atomic mass is 10.2. The van der Waals surface area contributed by atoms with E-state index in [1.165, 1.54) is 0 Å². The number of benzene rings is 1. The first-order valence-corrected chi connectivity index (χ1v) is 7.17. The van der Waals surface area contributed by atoms with Crippen LogP contribution >= 0.6 is 11.8 Å². The van der Waals surface area contributed by atoms with Gasteiger partial charge in [-0.15, -0.1) is 0 Å². The van der Waals surface area contributed by atoms with E-state index >= 15 is 0 Å². The minimum Gasteiger partial charge on any atom is -0.490 e. The van der Waals surface area contributed by atoms with Crippen LogP contribution in [0, 0.1) is 0 Å². The largest absolute Gasteiger partial charge is 0.490 e. The second kappa shape index (κ2) is 6.99. The highest BCUT2D eigenvalue weighted by atomic mass is 32.2. The van der Waals surface area contributed by atoms with Gasteiger partial charge in [0.05, 0.1) is 11.5 Å². The summed E-state index contributed by atoms with van der Waals surface area (Å²) in [5.74, 6) is -0.871. The Bertz CT molecular complexity index is 655. The van der Waals surface area contributed by atoms with Gasteiger partial charge in [-0.25, -0.2) is 4.79 Å². The van der Waals surface area contributed by atoms with Crippen LogP contribution in [-0.2, 0) is 9.59 Å². The van der Waals surface area contributed by atoms with E-state index in [4.69, 9.17) is 14.6 Å². The van der Waals surface area contributed by atoms with Crippen molar-refractivity contribution in [1.82, 2.24) is 5.32 Å². The van der Waals surface area contributed by atoms with E-state index in [0.717, 1.165) is 11.8 Å². The van der Waals surface area contributed by atoms with Gasteiger partial charge in [-0.05, 0) is 42.5 Å². The Hall–Kier alpha value is -2.48. The van der Waals surface area contributed by atoms with Gasteiger partial charge < -0.3 is 14.6 Å². The van der Waals surface area contributed by atoms with Crippen molar-refractivity contribution < 1.29 is 29.0 Å². The minimum absolute atomic E-state index is 0.284. The molecule has 2 amide bonds. The molecule has 116 valence electrons. The molecule has 1 aliphatic rings. The summed E-state index contributed by atoms with van der Waals surface area (Å²) in [5.41, 5.74) is 0.637. The molecule has 1 aliphatic heterocycles.